The average molecular weight is 274 g/mol. The van der Waals surface area contributed by atoms with Gasteiger partial charge >= 0.3 is 0 Å². The Bertz CT molecular complexity index is 454. The lowest BCUT2D eigenvalue weighted by atomic mass is 10.0. The standard InChI is InChI=1S/C17H26N2O/c1-12(19-15-5-3-4-6-15)9-14-7-8-17-16(10-14)18-11-13(2)20-17/h7-8,10,12-13,15,18-19H,3-6,9,11H2,1-2H3. The van der Waals surface area contributed by atoms with Crippen molar-refractivity contribution < 1.29 is 4.74 Å². The lowest BCUT2D eigenvalue weighted by Crippen LogP contribution is -2.36. The zero-order chi connectivity index (χ0) is 13.9. The first-order chi connectivity index (χ1) is 9.70. The van der Waals surface area contributed by atoms with Crippen LogP contribution in [0, 0.1) is 0 Å². The van der Waals surface area contributed by atoms with Crippen LogP contribution in [0.1, 0.15) is 45.1 Å². The van der Waals surface area contributed by atoms with Crippen LogP contribution >= 0.6 is 0 Å². The molecule has 3 rings (SSSR count). The third kappa shape index (κ3) is 3.26. The molecule has 0 radical (unpaired) electrons. The first kappa shape index (κ1) is 13.7. The molecular formula is C17H26N2O. The van der Waals surface area contributed by atoms with E-state index in [1.165, 1.54) is 31.2 Å². The Kier molecular flexibility index (Phi) is 4.16. The van der Waals surface area contributed by atoms with Crippen molar-refractivity contribution in [1.29, 1.82) is 0 Å². The first-order valence-electron chi connectivity index (χ1n) is 8.00. The molecule has 1 aromatic rings. The van der Waals surface area contributed by atoms with Crippen molar-refractivity contribution in [2.24, 2.45) is 0 Å². The molecule has 0 bridgehead atoms. The average Bonchev–Trinajstić information content (AvgIpc) is 2.91. The number of hydrogen-bond acceptors (Lipinski definition) is 3. The molecule has 1 heterocycles. The molecule has 1 saturated carbocycles. The van der Waals surface area contributed by atoms with Gasteiger partial charge in [-0.05, 0) is 50.8 Å². The summed E-state index contributed by atoms with van der Waals surface area (Å²) in [7, 11) is 0. The second kappa shape index (κ2) is 6.04. The molecule has 1 aliphatic carbocycles. The number of ether oxygens (including phenoxy) is 1. The fourth-order valence-electron chi connectivity index (χ4n) is 3.36. The van der Waals surface area contributed by atoms with Gasteiger partial charge in [0.15, 0.2) is 0 Å². The Morgan fingerprint density at radius 3 is 2.95 bits per heavy atom. The van der Waals surface area contributed by atoms with Crippen molar-refractivity contribution in [3.63, 3.8) is 0 Å². The van der Waals surface area contributed by atoms with Crippen molar-refractivity contribution in [1.82, 2.24) is 5.32 Å². The van der Waals surface area contributed by atoms with Crippen molar-refractivity contribution in [3.8, 4) is 5.75 Å². The van der Waals surface area contributed by atoms with Gasteiger partial charge in [0.2, 0.25) is 0 Å². The van der Waals surface area contributed by atoms with E-state index in [2.05, 4.69) is 42.7 Å². The van der Waals surface area contributed by atoms with Crippen molar-refractivity contribution in [2.45, 2.75) is 64.1 Å². The molecule has 2 unspecified atom stereocenters. The topological polar surface area (TPSA) is 33.3 Å². The van der Waals surface area contributed by atoms with E-state index in [0.29, 0.717) is 6.04 Å². The summed E-state index contributed by atoms with van der Waals surface area (Å²) in [4.78, 5) is 0. The molecule has 1 aromatic carbocycles. The zero-order valence-electron chi connectivity index (χ0n) is 12.6. The van der Waals surface area contributed by atoms with Gasteiger partial charge < -0.3 is 15.4 Å². The number of rotatable bonds is 4. The Morgan fingerprint density at radius 1 is 1.35 bits per heavy atom. The second-order valence-corrected chi connectivity index (χ2v) is 6.39. The maximum atomic E-state index is 5.82. The van der Waals surface area contributed by atoms with Crippen LogP contribution in [0.3, 0.4) is 0 Å². The molecule has 0 saturated heterocycles. The fraction of sp³-hybridized carbons (Fsp3) is 0.647. The third-order valence-corrected chi connectivity index (χ3v) is 4.37. The third-order valence-electron chi connectivity index (χ3n) is 4.37. The minimum atomic E-state index is 0.260. The van der Waals surface area contributed by atoms with Gasteiger partial charge in [-0.15, -0.1) is 0 Å². The molecule has 110 valence electrons. The summed E-state index contributed by atoms with van der Waals surface area (Å²) >= 11 is 0. The van der Waals surface area contributed by atoms with E-state index < -0.39 is 0 Å². The molecule has 0 amide bonds. The molecule has 20 heavy (non-hydrogen) atoms. The molecule has 3 nitrogen and oxygen atoms in total. The van der Waals surface area contributed by atoms with Crippen molar-refractivity contribution in [3.05, 3.63) is 23.8 Å². The van der Waals surface area contributed by atoms with E-state index >= 15 is 0 Å². The smallest absolute Gasteiger partial charge is 0.142 e. The minimum absolute atomic E-state index is 0.260. The van der Waals surface area contributed by atoms with Crippen LogP contribution in [0.25, 0.3) is 0 Å². The Morgan fingerprint density at radius 2 is 2.15 bits per heavy atom. The molecule has 2 aliphatic rings. The molecular weight excluding hydrogens is 248 g/mol. The highest BCUT2D eigenvalue weighted by Crippen LogP contribution is 2.30. The van der Waals surface area contributed by atoms with Crippen LogP contribution in [0.4, 0.5) is 5.69 Å². The number of hydrogen-bond donors (Lipinski definition) is 2. The summed E-state index contributed by atoms with van der Waals surface area (Å²) in [5.41, 5.74) is 2.53. The van der Waals surface area contributed by atoms with Gasteiger partial charge in [-0.2, -0.15) is 0 Å². The highest BCUT2D eigenvalue weighted by Gasteiger charge is 2.18. The fourth-order valence-corrected chi connectivity index (χ4v) is 3.36. The largest absolute Gasteiger partial charge is 0.487 e. The number of nitrogens with one attached hydrogen (secondary N) is 2. The Balaban J connectivity index is 1.59. The van der Waals surface area contributed by atoms with E-state index in [0.717, 1.165) is 30.4 Å². The summed E-state index contributed by atoms with van der Waals surface area (Å²) in [6.07, 6.45) is 6.83. The normalized spacial score (nSPS) is 23.8. The van der Waals surface area contributed by atoms with Crippen LogP contribution < -0.4 is 15.4 Å². The van der Waals surface area contributed by atoms with Crippen LogP contribution in [0.2, 0.25) is 0 Å². The highest BCUT2D eigenvalue weighted by atomic mass is 16.5. The first-order valence-corrected chi connectivity index (χ1v) is 8.00. The second-order valence-electron chi connectivity index (χ2n) is 6.39. The summed E-state index contributed by atoms with van der Waals surface area (Å²) in [6, 6.07) is 7.83. The predicted octanol–water partition coefficient (Wildman–Crippen LogP) is 3.34. The summed E-state index contributed by atoms with van der Waals surface area (Å²) in [5, 5.41) is 7.22. The molecule has 1 fully saturated rings. The van der Waals surface area contributed by atoms with Crippen LogP contribution in [-0.2, 0) is 6.42 Å². The molecule has 3 heteroatoms. The van der Waals surface area contributed by atoms with Gasteiger partial charge in [0.25, 0.3) is 0 Å². The van der Waals surface area contributed by atoms with Crippen LogP contribution in [0.5, 0.6) is 5.75 Å². The van der Waals surface area contributed by atoms with Gasteiger partial charge in [-0.3, -0.25) is 0 Å². The molecule has 2 N–H and O–H groups in total. The van der Waals surface area contributed by atoms with E-state index in [1.54, 1.807) is 0 Å². The summed E-state index contributed by atoms with van der Waals surface area (Å²) in [6.45, 7) is 5.29. The van der Waals surface area contributed by atoms with Gasteiger partial charge in [-0.1, -0.05) is 18.9 Å². The van der Waals surface area contributed by atoms with Gasteiger partial charge in [0, 0.05) is 12.1 Å². The predicted molar refractivity (Wildman–Crippen MR) is 83.6 cm³/mol. The minimum Gasteiger partial charge on any atom is -0.487 e. The maximum absolute atomic E-state index is 5.82. The van der Waals surface area contributed by atoms with E-state index in [1.807, 2.05) is 0 Å². The summed E-state index contributed by atoms with van der Waals surface area (Å²) < 4.78 is 5.82. The lowest BCUT2D eigenvalue weighted by Gasteiger charge is -2.26. The maximum Gasteiger partial charge on any atom is 0.142 e. The molecule has 0 spiro atoms. The van der Waals surface area contributed by atoms with Gasteiger partial charge in [0.1, 0.15) is 11.9 Å². The summed E-state index contributed by atoms with van der Waals surface area (Å²) in [5.74, 6) is 0.990. The molecule has 1 aliphatic heterocycles. The monoisotopic (exact) mass is 274 g/mol. The Labute approximate surface area is 122 Å². The van der Waals surface area contributed by atoms with Crippen molar-refractivity contribution in [2.75, 3.05) is 11.9 Å². The highest BCUT2D eigenvalue weighted by molar-refractivity contribution is 5.59. The van der Waals surface area contributed by atoms with E-state index in [4.69, 9.17) is 4.74 Å². The van der Waals surface area contributed by atoms with Crippen LogP contribution in [-0.4, -0.2) is 24.7 Å². The zero-order valence-corrected chi connectivity index (χ0v) is 12.6. The van der Waals surface area contributed by atoms with Crippen molar-refractivity contribution >= 4 is 5.69 Å². The van der Waals surface area contributed by atoms with Gasteiger partial charge in [0.05, 0.1) is 12.2 Å². The Hall–Kier alpha value is -1.22. The lowest BCUT2D eigenvalue weighted by molar-refractivity contribution is 0.226. The number of benzene rings is 1. The number of anilines is 1. The quantitative estimate of drug-likeness (QED) is 0.883. The van der Waals surface area contributed by atoms with E-state index in [-0.39, 0.29) is 6.10 Å². The number of fused-ring (bicyclic) bond motifs is 1. The van der Waals surface area contributed by atoms with Crippen LogP contribution in [0.15, 0.2) is 18.2 Å². The van der Waals surface area contributed by atoms with E-state index in [9.17, 15) is 0 Å². The van der Waals surface area contributed by atoms with Gasteiger partial charge in [-0.25, -0.2) is 0 Å². The molecule has 2 atom stereocenters. The molecule has 0 aromatic heterocycles. The SMILES string of the molecule is CC(Cc1ccc2c(c1)NCC(C)O2)NC1CCCC1.